The number of nitrogens with one attached hydrogen (secondary N) is 1. The SMILES string of the molecule is CCOCCNCc1cc(C)oc1C. The molecule has 1 aromatic rings. The van der Waals surface area contributed by atoms with Crippen LogP contribution in [-0.2, 0) is 11.3 Å². The smallest absolute Gasteiger partial charge is 0.105 e. The van der Waals surface area contributed by atoms with Crippen molar-refractivity contribution >= 4 is 0 Å². The highest BCUT2D eigenvalue weighted by atomic mass is 16.5. The third-order valence-corrected chi connectivity index (χ3v) is 2.09. The van der Waals surface area contributed by atoms with Gasteiger partial charge < -0.3 is 14.5 Å². The van der Waals surface area contributed by atoms with Crippen LogP contribution in [0.4, 0.5) is 0 Å². The number of ether oxygens (including phenoxy) is 1. The minimum Gasteiger partial charge on any atom is -0.466 e. The van der Waals surface area contributed by atoms with E-state index in [4.69, 9.17) is 9.15 Å². The van der Waals surface area contributed by atoms with Gasteiger partial charge in [-0.05, 0) is 26.8 Å². The van der Waals surface area contributed by atoms with E-state index in [1.54, 1.807) is 0 Å². The van der Waals surface area contributed by atoms with Crippen LogP contribution in [0.5, 0.6) is 0 Å². The van der Waals surface area contributed by atoms with Gasteiger partial charge in [-0.25, -0.2) is 0 Å². The van der Waals surface area contributed by atoms with Gasteiger partial charge in [0, 0.05) is 25.3 Å². The van der Waals surface area contributed by atoms with Gasteiger partial charge in [-0.15, -0.1) is 0 Å². The van der Waals surface area contributed by atoms with E-state index in [9.17, 15) is 0 Å². The third kappa shape index (κ3) is 3.52. The van der Waals surface area contributed by atoms with E-state index in [1.165, 1.54) is 5.56 Å². The second kappa shape index (κ2) is 5.83. The molecule has 1 aromatic heterocycles. The summed E-state index contributed by atoms with van der Waals surface area (Å²) in [5, 5.41) is 3.31. The maximum atomic E-state index is 5.42. The summed E-state index contributed by atoms with van der Waals surface area (Å²) >= 11 is 0. The van der Waals surface area contributed by atoms with Gasteiger partial charge in [0.2, 0.25) is 0 Å². The molecule has 0 bridgehead atoms. The molecule has 1 rings (SSSR count). The van der Waals surface area contributed by atoms with E-state index in [1.807, 2.05) is 20.8 Å². The molecule has 0 saturated heterocycles. The molecule has 0 aliphatic heterocycles. The lowest BCUT2D eigenvalue weighted by Gasteiger charge is -2.03. The summed E-state index contributed by atoms with van der Waals surface area (Å²) in [5.74, 6) is 1.98. The molecule has 14 heavy (non-hydrogen) atoms. The lowest BCUT2D eigenvalue weighted by molar-refractivity contribution is 0.149. The Morgan fingerprint density at radius 3 is 2.79 bits per heavy atom. The van der Waals surface area contributed by atoms with E-state index in [0.29, 0.717) is 0 Å². The van der Waals surface area contributed by atoms with Gasteiger partial charge >= 0.3 is 0 Å². The quantitative estimate of drug-likeness (QED) is 0.708. The fraction of sp³-hybridized carbons (Fsp3) is 0.636. The predicted molar refractivity (Wildman–Crippen MR) is 56.4 cm³/mol. The minimum absolute atomic E-state index is 0.770. The molecule has 0 radical (unpaired) electrons. The highest BCUT2D eigenvalue weighted by Gasteiger charge is 2.02. The number of aryl methyl sites for hydroxylation is 2. The first-order chi connectivity index (χ1) is 6.74. The Labute approximate surface area is 85.4 Å². The molecule has 0 amide bonds. The van der Waals surface area contributed by atoms with E-state index in [-0.39, 0.29) is 0 Å². The predicted octanol–water partition coefficient (Wildman–Crippen LogP) is 2.02. The topological polar surface area (TPSA) is 34.4 Å². The first-order valence-electron chi connectivity index (χ1n) is 5.08. The van der Waals surface area contributed by atoms with Crippen LogP contribution < -0.4 is 5.32 Å². The van der Waals surface area contributed by atoms with Crippen molar-refractivity contribution in [2.75, 3.05) is 19.8 Å². The molecule has 1 N–H and O–H groups in total. The Kier molecular flexibility index (Phi) is 4.70. The molecule has 3 heteroatoms. The van der Waals surface area contributed by atoms with Crippen LogP contribution in [-0.4, -0.2) is 19.8 Å². The average Bonchev–Trinajstić information content (AvgIpc) is 2.45. The van der Waals surface area contributed by atoms with Gasteiger partial charge in [-0.2, -0.15) is 0 Å². The van der Waals surface area contributed by atoms with Crippen LogP contribution in [0.1, 0.15) is 24.0 Å². The monoisotopic (exact) mass is 197 g/mol. The Hall–Kier alpha value is -0.800. The van der Waals surface area contributed by atoms with Crippen molar-refractivity contribution in [1.29, 1.82) is 0 Å². The van der Waals surface area contributed by atoms with Crippen molar-refractivity contribution in [3.8, 4) is 0 Å². The summed E-state index contributed by atoms with van der Waals surface area (Å²) in [6.07, 6.45) is 0. The highest BCUT2D eigenvalue weighted by Crippen LogP contribution is 2.12. The number of hydrogen-bond acceptors (Lipinski definition) is 3. The van der Waals surface area contributed by atoms with Gasteiger partial charge in [0.1, 0.15) is 11.5 Å². The second-order valence-corrected chi connectivity index (χ2v) is 3.31. The molecule has 0 aliphatic rings. The van der Waals surface area contributed by atoms with Crippen LogP contribution in [0.3, 0.4) is 0 Å². The van der Waals surface area contributed by atoms with Gasteiger partial charge in [-0.1, -0.05) is 0 Å². The van der Waals surface area contributed by atoms with E-state index < -0.39 is 0 Å². The number of rotatable bonds is 6. The second-order valence-electron chi connectivity index (χ2n) is 3.31. The van der Waals surface area contributed by atoms with Crippen molar-refractivity contribution in [3.63, 3.8) is 0 Å². The molecular formula is C11H19NO2. The van der Waals surface area contributed by atoms with Gasteiger partial charge in [-0.3, -0.25) is 0 Å². The molecular weight excluding hydrogens is 178 g/mol. The maximum Gasteiger partial charge on any atom is 0.105 e. The Balaban J connectivity index is 2.21. The van der Waals surface area contributed by atoms with Crippen LogP contribution in [0.15, 0.2) is 10.5 Å². The fourth-order valence-corrected chi connectivity index (χ4v) is 1.37. The zero-order chi connectivity index (χ0) is 10.4. The largest absolute Gasteiger partial charge is 0.466 e. The highest BCUT2D eigenvalue weighted by molar-refractivity contribution is 5.19. The molecule has 0 unspecified atom stereocenters. The summed E-state index contributed by atoms with van der Waals surface area (Å²) in [6.45, 7) is 9.26. The van der Waals surface area contributed by atoms with E-state index in [0.717, 1.165) is 37.8 Å². The summed E-state index contributed by atoms with van der Waals surface area (Å²) < 4.78 is 10.6. The summed E-state index contributed by atoms with van der Waals surface area (Å²) in [4.78, 5) is 0. The molecule has 0 aliphatic carbocycles. The van der Waals surface area contributed by atoms with Crippen molar-refractivity contribution in [2.24, 2.45) is 0 Å². The van der Waals surface area contributed by atoms with Crippen molar-refractivity contribution in [2.45, 2.75) is 27.3 Å². The Morgan fingerprint density at radius 1 is 1.43 bits per heavy atom. The van der Waals surface area contributed by atoms with E-state index >= 15 is 0 Å². The normalized spacial score (nSPS) is 10.8. The molecule has 3 nitrogen and oxygen atoms in total. The van der Waals surface area contributed by atoms with Crippen LogP contribution in [0, 0.1) is 13.8 Å². The van der Waals surface area contributed by atoms with Gasteiger partial charge in [0.05, 0.1) is 6.61 Å². The van der Waals surface area contributed by atoms with Crippen molar-refractivity contribution < 1.29 is 9.15 Å². The standard InChI is InChI=1S/C11H19NO2/c1-4-13-6-5-12-8-11-7-9(2)14-10(11)3/h7,12H,4-6,8H2,1-3H3. The maximum absolute atomic E-state index is 5.42. The molecule has 0 spiro atoms. The number of furan rings is 1. The molecule has 0 fully saturated rings. The summed E-state index contributed by atoms with van der Waals surface area (Å²) in [6, 6.07) is 2.07. The van der Waals surface area contributed by atoms with Crippen LogP contribution >= 0.6 is 0 Å². The Bertz CT molecular complexity index is 268. The molecule has 1 heterocycles. The van der Waals surface area contributed by atoms with Gasteiger partial charge in [0.15, 0.2) is 0 Å². The lowest BCUT2D eigenvalue weighted by Crippen LogP contribution is -2.19. The minimum atomic E-state index is 0.770. The first-order valence-corrected chi connectivity index (χ1v) is 5.08. The van der Waals surface area contributed by atoms with Crippen molar-refractivity contribution in [1.82, 2.24) is 5.32 Å². The van der Waals surface area contributed by atoms with E-state index in [2.05, 4.69) is 11.4 Å². The third-order valence-electron chi connectivity index (χ3n) is 2.09. The van der Waals surface area contributed by atoms with Gasteiger partial charge in [0.25, 0.3) is 0 Å². The summed E-state index contributed by atoms with van der Waals surface area (Å²) in [5.41, 5.74) is 1.24. The molecule has 0 atom stereocenters. The molecule has 0 aromatic carbocycles. The first kappa shape index (κ1) is 11.3. The molecule has 0 saturated carbocycles. The van der Waals surface area contributed by atoms with Crippen LogP contribution in [0.2, 0.25) is 0 Å². The zero-order valence-corrected chi connectivity index (χ0v) is 9.22. The van der Waals surface area contributed by atoms with Crippen molar-refractivity contribution in [3.05, 3.63) is 23.2 Å². The van der Waals surface area contributed by atoms with Crippen LogP contribution in [0.25, 0.3) is 0 Å². The average molecular weight is 197 g/mol. The summed E-state index contributed by atoms with van der Waals surface area (Å²) in [7, 11) is 0. The fourth-order valence-electron chi connectivity index (χ4n) is 1.37. The zero-order valence-electron chi connectivity index (χ0n) is 9.22. The number of hydrogen-bond donors (Lipinski definition) is 1. The molecule has 80 valence electrons. The Morgan fingerprint density at radius 2 is 2.21 bits per heavy atom. The lowest BCUT2D eigenvalue weighted by atomic mass is 10.2.